The molecular formula is C13H21N5O2S. The highest BCUT2D eigenvalue weighted by Crippen LogP contribution is 2.19. The van der Waals surface area contributed by atoms with Crippen LogP contribution in [-0.2, 0) is 9.84 Å². The predicted molar refractivity (Wildman–Crippen MR) is 81.2 cm³/mol. The van der Waals surface area contributed by atoms with Crippen LogP contribution >= 0.6 is 0 Å². The van der Waals surface area contributed by atoms with Gasteiger partial charge in [-0.3, -0.25) is 0 Å². The number of nitrogens with zero attached hydrogens (tertiary/aromatic N) is 4. The molecule has 2 aliphatic heterocycles. The van der Waals surface area contributed by atoms with Crippen molar-refractivity contribution in [1.29, 1.82) is 0 Å². The molecule has 1 atom stereocenters. The third-order valence-corrected chi connectivity index (χ3v) is 5.79. The second kappa shape index (κ2) is 6.13. The van der Waals surface area contributed by atoms with Crippen LogP contribution in [0.5, 0.6) is 0 Å². The molecule has 0 aliphatic carbocycles. The molecule has 0 bridgehead atoms. The monoisotopic (exact) mass is 311 g/mol. The van der Waals surface area contributed by atoms with Gasteiger partial charge in [0.2, 0.25) is 5.95 Å². The minimum atomic E-state index is -2.89. The minimum Gasteiger partial charge on any atom is -0.365 e. The van der Waals surface area contributed by atoms with Gasteiger partial charge < -0.3 is 10.2 Å². The van der Waals surface area contributed by atoms with Crippen LogP contribution in [0.2, 0.25) is 0 Å². The van der Waals surface area contributed by atoms with Crippen LogP contribution in [0.4, 0.5) is 11.8 Å². The summed E-state index contributed by atoms with van der Waals surface area (Å²) in [6.45, 7) is 1.92. The minimum absolute atomic E-state index is 0.0660. The lowest BCUT2D eigenvalue weighted by molar-refractivity contribution is 0.602. The zero-order valence-electron chi connectivity index (χ0n) is 12.0. The molecule has 1 unspecified atom stereocenters. The summed E-state index contributed by atoms with van der Waals surface area (Å²) in [6.07, 6.45) is 7.00. The molecule has 3 heterocycles. The smallest absolute Gasteiger partial charge is 0.247 e. The number of sulfone groups is 1. The summed E-state index contributed by atoms with van der Waals surface area (Å²) in [7, 11) is -2.89. The Labute approximate surface area is 125 Å². The number of aromatic nitrogens is 3. The molecular weight excluding hydrogens is 290 g/mol. The summed E-state index contributed by atoms with van der Waals surface area (Å²) in [5, 5.41) is 11.3. The molecule has 3 rings (SSSR count). The van der Waals surface area contributed by atoms with E-state index in [1.807, 2.05) is 0 Å². The number of anilines is 2. The molecule has 21 heavy (non-hydrogen) atoms. The molecule has 1 aromatic heterocycles. The second-order valence-electron chi connectivity index (χ2n) is 5.79. The van der Waals surface area contributed by atoms with E-state index in [4.69, 9.17) is 0 Å². The Morgan fingerprint density at radius 1 is 1.19 bits per heavy atom. The molecule has 0 spiro atoms. The van der Waals surface area contributed by atoms with E-state index < -0.39 is 9.84 Å². The first-order valence-electron chi connectivity index (χ1n) is 7.54. The molecule has 2 fully saturated rings. The second-order valence-corrected chi connectivity index (χ2v) is 8.02. The van der Waals surface area contributed by atoms with Crippen LogP contribution < -0.4 is 10.2 Å². The van der Waals surface area contributed by atoms with Gasteiger partial charge in [0, 0.05) is 19.1 Å². The maximum Gasteiger partial charge on any atom is 0.247 e. The van der Waals surface area contributed by atoms with Crippen LogP contribution in [0, 0.1) is 0 Å². The Hall–Kier alpha value is -1.44. The summed E-state index contributed by atoms with van der Waals surface area (Å²) >= 11 is 0. The van der Waals surface area contributed by atoms with Gasteiger partial charge in [-0.25, -0.2) is 8.42 Å². The van der Waals surface area contributed by atoms with Gasteiger partial charge in [-0.1, -0.05) is 12.8 Å². The predicted octanol–water partition coefficient (Wildman–Crippen LogP) is 0.851. The van der Waals surface area contributed by atoms with Crippen molar-refractivity contribution in [3.05, 3.63) is 6.20 Å². The van der Waals surface area contributed by atoms with Gasteiger partial charge in [0.1, 0.15) is 0 Å². The largest absolute Gasteiger partial charge is 0.365 e. The maximum absolute atomic E-state index is 11.5. The summed E-state index contributed by atoms with van der Waals surface area (Å²) in [5.74, 6) is 1.69. The normalized spacial score (nSPS) is 25.5. The summed E-state index contributed by atoms with van der Waals surface area (Å²) in [5.41, 5.74) is 0. The molecule has 1 N–H and O–H groups in total. The highest BCUT2D eigenvalue weighted by Gasteiger charge is 2.28. The summed E-state index contributed by atoms with van der Waals surface area (Å²) in [6, 6.07) is -0.0660. The van der Waals surface area contributed by atoms with E-state index in [0.29, 0.717) is 18.2 Å². The molecule has 7 nitrogen and oxygen atoms in total. The van der Waals surface area contributed by atoms with Crippen molar-refractivity contribution in [2.24, 2.45) is 0 Å². The molecule has 1 aromatic rings. The zero-order valence-corrected chi connectivity index (χ0v) is 12.8. The lowest BCUT2D eigenvalue weighted by atomic mass is 10.2. The molecule has 2 aliphatic rings. The molecule has 0 saturated carbocycles. The van der Waals surface area contributed by atoms with E-state index in [9.17, 15) is 8.42 Å². The molecule has 2 saturated heterocycles. The molecule has 0 radical (unpaired) electrons. The van der Waals surface area contributed by atoms with Crippen molar-refractivity contribution in [3.63, 3.8) is 0 Å². The highest BCUT2D eigenvalue weighted by atomic mass is 32.2. The van der Waals surface area contributed by atoms with Gasteiger partial charge in [-0.15, -0.1) is 5.10 Å². The molecule has 0 aromatic carbocycles. The van der Waals surface area contributed by atoms with Crippen LogP contribution in [-0.4, -0.2) is 54.2 Å². The van der Waals surface area contributed by atoms with Crippen molar-refractivity contribution < 1.29 is 8.42 Å². The lowest BCUT2D eigenvalue weighted by Crippen LogP contribution is -2.27. The number of hydrogen-bond donors (Lipinski definition) is 1. The lowest BCUT2D eigenvalue weighted by Gasteiger charge is -2.20. The first-order valence-corrected chi connectivity index (χ1v) is 9.36. The fraction of sp³-hybridized carbons (Fsp3) is 0.769. The van der Waals surface area contributed by atoms with Crippen LogP contribution in [0.25, 0.3) is 0 Å². The average Bonchev–Trinajstić information content (AvgIpc) is 2.69. The van der Waals surface area contributed by atoms with Crippen molar-refractivity contribution in [2.45, 2.75) is 38.1 Å². The quantitative estimate of drug-likeness (QED) is 0.885. The highest BCUT2D eigenvalue weighted by molar-refractivity contribution is 7.91. The van der Waals surface area contributed by atoms with E-state index in [-0.39, 0.29) is 17.5 Å². The zero-order chi connectivity index (χ0) is 14.7. The number of rotatable bonds is 3. The molecule has 116 valence electrons. The van der Waals surface area contributed by atoms with E-state index in [1.54, 1.807) is 6.20 Å². The maximum atomic E-state index is 11.5. The van der Waals surface area contributed by atoms with Crippen LogP contribution in [0.15, 0.2) is 6.20 Å². The number of hydrogen-bond acceptors (Lipinski definition) is 7. The topological polar surface area (TPSA) is 88.1 Å². The Kier molecular flexibility index (Phi) is 4.23. The van der Waals surface area contributed by atoms with Crippen LogP contribution in [0.3, 0.4) is 0 Å². The van der Waals surface area contributed by atoms with Gasteiger partial charge in [0.05, 0.1) is 17.7 Å². The van der Waals surface area contributed by atoms with Crippen molar-refractivity contribution >= 4 is 21.6 Å². The fourth-order valence-corrected chi connectivity index (χ4v) is 4.56. The van der Waals surface area contributed by atoms with E-state index in [1.165, 1.54) is 12.8 Å². The van der Waals surface area contributed by atoms with Crippen molar-refractivity contribution in [1.82, 2.24) is 15.2 Å². The number of nitrogens with one attached hydrogen (secondary N) is 1. The van der Waals surface area contributed by atoms with Gasteiger partial charge >= 0.3 is 0 Å². The Bertz CT molecular complexity index is 584. The Balaban J connectivity index is 1.68. The standard InChI is InChI=1S/C13H21N5O2S/c19-21(20)8-5-11(10-21)15-12-9-14-17-13(16-12)18-6-3-1-2-4-7-18/h9,11H,1-8,10H2,(H,15,16,17). The fourth-order valence-electron chi connectivity index (χ4n) is 2.89. The van der Waals surface area contributed by atoms with Gasteiger partial charge in [-0.2, -0.15) is 10.1 Å². The van der Waals surface area contributed by atoms with E-state index >= 15 is 0 Å². The summed E-state index contributed by atoms with van der Waals surface area (Å²) < 4.78 is 23.0. The third kappa shape index (κ3) is 3.81. The van der Waals surface area contributed by atoms with Gasteiger partial charge in [-0.05, 0) is 19.3 Å². The van der Waals surface area contributed by atoms with Gasteiger partial charge in [0.15, 0.2) is 15.7 Å². The first kappa shape index (κ1) is 14.5. The molecule has 0 amide bonds. The van der Waals surface area contributed by atoms with Crippen molar-refractivity contribution in [3.8, 4) is 0 Å². The van der Waals surface area contributed by atoms with E-state index in [0.717, 1.165) is 25.9 Å². The van der Waals surface area contributed by atoms with Crippen LogP contribution in [0.1, 0.15) is 32.1 Å². The summed E-state index contributed by atoms with van der Waals surface area (Å²) in [4.78, 5) is 6.66. The SMILES string of the molecule is O=S1(=O)CCC(Nc2cnnc(N3CCCCCC3)n2)C1. The van der Waals surface area contributed by atoms with Crippen molar-refractivity contribution in [2.75, 3.05) is 34.8 Å². The Morgan fingerprint density at radius 2 is 1.95 bits per heavy atom. The Morgan fingerprint density at radius 3 is 2.62 bits per heavy atom. The van der Waals surface area contributed by atoms with E-state index in [2.05, 4.69) is 25.4 Å². The molecule has 8 heteroatoms. The average molecular weight is 311 g/mol. The first-order chi connectivity index (χ1) is 10.1. The third-order valence-electron chi connectivity index (χ3n) is 4.02. The van der Waals surface area contributed by atoms with Gasteiger partial charge in [0.25, 0.3) is 0 Å².